The van der Waals surface area contributed by atoms with E-state index >= 15 is 0 Å². The second-order valence-electron chi connectivity index (χ2n) is 6.43. The molecule has 0 radical (unpaired) electrons. The van der Waals surface area contributed by atoms with E-state index in [0.717, 1.165) is 32.7 Å². The van der Waals surface area contributed by atoms with Gasteiger partial charge in [-0.1, -0.05) is 48.5 Å². The minimum absolute atomic E-state index is 0.349. The molecule has 0 aromatic heterocycles. The van der Waals surface area contributed by atoms with E-state index in [4.69, 9.17) is 0 Å². The van der Waals surface area contributed by atoms with Crippen molar-refractivity contribution in [1.29, 1.82) is 0 Å². The number of rotatable bonds is 3. The summed E-state index contributed by atoms with van der Waals surface area (Å²) in [5.41, 5.74) is 2.51. The first kappa shape index (κ1) is 15.0. The van der Waals surface area contributed by atoms with Crippen LogP contribution in [0, 0.1) is 0 Å². The van der Waals surface area contributed by atoms with Crippen LogP contribution < -0.4 is 4.90 Å². The molecular formula is C21H22N2O. The molecule has 0 bridgehead atoms. The van der Waals surface area contributed by atoms with E-state index in [1.807, 2.05) is 12.1 Å². The smallest absolute Gasteiger partial charge is 0.115 e. The molecule has 0 amide bonds. The molecule has 1 aliphatic heterocycles. The summed E-state index contributed by atoms with van der Waals surface area (Å²) in [5, 5.41) is 12.2. The van der Waals surface area contributed by atoms with E-state index in [9.17, 15) is 5.11 Å². The fourth-order valence-corrected chi connectivity index (χ4v) is 3.54. The summed E-state index contributed by atoms with van der Waals surface area (Å²) in [6, 6.07) is 22.7. The maximum Gasteiger partial charge on any atom is 0.115 e. The molecule has 3 nitrogen and oxygen atoms in total. The summed E-state index contributed by atoms with van der Waals surface area (Å²) in [5.74, 6) is 0.349. The molecule has 122 valence electrons. The summed E-state index contributed by atoms with van der Waals surface area (Å²) in [4.78, 5) is 4.94. The number of piperazine rings is 1. The fourth-order valence-electron chi connectivity index (χ4n) is 3.54. The average Bonchev–Trinajstić information content (AvgIpc) is 2.62. The van der Waals surface area contributed by atoms with Gasteiger partial charge in [-0.3, -0.25) is 4.90 Å². The van der Waals surface area contributed by atoms with Gasteiger partial charge in [0.25, 0.3) is 0 Å². The van der Waals surface area contributed by atoms with Crippen molar-refractivity contribution in [3.8, 4) is 5.75 Å². The quantitative estimate of drug-likeness (QED) is 0.794. The Balaban J connectivity index is 1.46. The van der Waals surface area contributed by atoms with Crippen LogP contribution in [0.4, 0.5) is 5.69 Å². The Morgan fingerprint density at radius 2 is 1.54 bits per heavy atom. The van der Waals surface area contributed by atoms with E-state index in [1.54, 1.807) is 6.07 Å². The zero-order valence-corrected chi connectivity index (χ0v) is 13.7. The molecule has 4 rings (SSSR count). The van der Waals surface area contributed by atoms with E-state index < -0.39 is 0 Å². The molecule has 1 saturated heterocycles. The molecule has 3 aromatic rings. The molecule has 1 aliphatic rings. The van der Waals surface area contributed by atoms with Crippen LogP contribution in [0.1, 0.15) is 5.56 Å². The number of aromatic hydroxyl groups is 1. The number of phenolic OH excluding ortho intramolecular Hbond substituents is 1. The molecule has 1 heterocycles. The number of hydrogen-bond donors (Lipinski definition) is 1. The zero-order chi connectivity index (χ0) is 16.4. The Hall–Kier alpha value is -2.52. The van der Waals surface area contributed by atoms with Gasteiger partial charge >= 0.3 is 0 Å². The van der Waals surface area contributed by atoms with Gasteiger partial charge in [-0.25, -0.2) is 0 Å². The lowest BCUT2D eigenvalue weighted by Gasteiger charge is -2.36. The number of phenols is 1. The van der Waals surface area contributed by atoms with Crippen molar-refractivity contribution in [2.24, 2.45) is 0 Å². The van der Waals surface area contributed by atoms with Crippen LogP contribution in [0.25, 0.3) is 10.8 Å². The van der Waals surface area contributed by atoms with Crippen LogP contribution in [-0.2, 0) is 6.54 Å². The van der Waals surface area contributed by atoms with E-state index in [0.29, 0.717) is 5.75 Å². The maximum atomic E-state index is 9.61. The molecule has 1 fully saturated rings. The molecule has 0 unspecified atom stereocenters. The molecule has 1 N–H and O–H groups in total. The zero-order valence-electron chi connectivity index (χ0n) is 13.7. The lowest BCUT2D eigenvalue weighted by molar-refractivity contribution is 0.250. The van der Waals surface area contributed by atoms with Gasteiger partial charge in [0, 0.05) is 43.8 Å². The van der Waals surface area contributed by atoms with Crippen LogP contribution in [0.15, 0.2) is 66.7 Å². The second-order valence-corrected chi connectivity index (χ2v) is 6.43. The van der Waals surface area contributed by atoms with Gasteiger partial charge in [-0.05, 0) is 29.1 Å². The summed E-state index contributed by atoms with van der Waals surface area (Å²) >= 11 is 0. The van der Waals surface area contributed by atoms with Gasteiger partial charge in [0.1, 0.15) is 5.75 Å². The van der Waals surface area contributed by atoms with E-state index in [1.165, 1.54) is 22.0 Å². The standard InChI is InChI=1S/C21H22N2O/c24-19-8-3-5-17(15-19)16-22-11-13-23(14-12-22)21-10-4-7-18-6-1-2-9-20(18)21/h1-10,15,24H,11-14,16H2. The molecule has 0 spiro atoms. The van der Waals surface area contributed by atoms with Gasteiger partial charge < -0.3 is 10.0 Å². The molecule has 0 saturated carbocycles. The lowest BCUT2D eigenvalue weighted by Crippen LogP contribution is -2.46. The molecule has 3 aromatic carbocycles. The normalized spacial score (nSPS) is 15.8. The van der Waals surface area contributed by atoms with Gasteiger partial charge in [0.15, 0.2) is 0 Å². The monoisotopic (exact) mass is 318 g/mol. The van der Waals surface area contributed by atoms with E-state index in [2.05, 4.69) is 58.3 Å². The number of nitrogens with zero attached hydrogens (tertiary/aromatic N) is 2. The Bertz CT molecular complexity index is 833. The Labute approximate surface area is 142 Å². The van der Waals surface area contributed by atoms with Crippen LogP contribution in [0.5, 0.6) is 5.75 Å². The van der Waals surface area contributed by atoms with E-state index in [-0.39, 0.29) is 0 Å². The van der Waals surface area contributed by atoms with Gasteiger partial charge in [-0.15, -0.1) is 0 Å². The molecule has 24 heavy (non-hydrogen) atoms. The minimum Gasteiger partial charge on any atom is -0.508 e. The largest absolute Gasteiger partial charge is 0.508 e. The number of benzene rings is 3. The maximum absolute atomic E-state index is 9.61. The summed E-state index contributed by atoms with van der Waals surface area (Å²) in [6.45, 7) is 5.05. The van der Waals surface area contributed by atoms with Crippen molar-refractivity contribution < 1.29 is 5.11 Å². The Morgan fingerprint density at radius 3 is 2.38 bits per heavy atom. The van der Waals surface area contributed by atoms with Crippen molar-refractivity contribution in [1.82, 2.24) is 4.90 Å². The minimum atomic E-state index is 0.349. The highest BCUT2D eigenvalue weighted by molar-refractivity contribution is 5.94. The van der Waals surface area contributed by atoms with Crippen LogP contribution >= 0.6 is 0 Å². The van der Waals surface area contributed by atoms with Crippen molar-refractivity contribution in [2.75, 3.05) is 31.1 Å². The van der Waals surface area contributed by atoms with Crippen molar-refractivity contribution in [3.05, 3.63) is 72.3 Å². The average molecular weight is 318 g/mol. The van der Waals surface area contributed by atoms with Gasteiger partial charge in [0.05, 0.1) is 0 Å². The highest BCUT2D eigenvalue weighted by Crippen LogP contribution is 2.27. The number of hydrogen-bond acceptors (Lipinski definition) is 3. The fraction of sp³-hybridized carbons (Fsp3) is 0.238. The number of anilines is 1. The first-order chi connectivity index (χ1) is 11.8. The molecular weight excluding hydrogens is 296 g/mol. The summed E-state index contributed by atoms with van der Waals surface area (Å²) in [7, 11) is 0. The van der Waals surface area contributed by atoms with Crippen LogP contribution in [0.2, 0.25) is 0 Å². The topological polar surface area (TPSA) is 26.7 Å². The summed E-state index contributed by atoms with van der Waals surface area (Å²) < 4.78 is 0. The lowest BCUT2D eigenvalue weighted by atomic mass is 10.1. The van der Waals surface area contributed by atoms with Crippen molar-refractivity contribution in [2.45, 2.75) is 6.54 Å². The van der Waals surface area contributed by atoms with Crippen LogP contribution in [-0.4, -0.2) is 36.2 Å². The third-order valence-corrected chi connectivity index (χ3v) is 4.80. The van der Waals surface area contributed by atoms with Gasteiger partial charge in [-0.2, -0.15) is 0 Å². The first-order valence-electron chi connectivity index (χ1n) is 8.52. The summed E-state index contributed by atoms with van der Waals surface area (Å²) in [6.07, 6.45) is 0. The third kappa shape index (κ3) is 3.08. The number of fused-ring (bicyclic) bond motifs is 1. The Morgan fingerprint density at radius 1 is 0.792 bits per heavy atom. The van der Waals surface area contributed by atoms with Crippen molar-refractivity contribution in [3.63, 3.8) is 0 Å². The highest BCUT2D eigenvalue weighted by Gasteiger charge is 2.18. The Kier molecular flexibility index (Phi) is 4.09. The third-order valence-electron chi connectivity index (χ3n) is 4.80. The molecule has 3 heteroatoms. The predicted octanol–water partition coefficient (Wildman–Crippen LogP) is 3.87. The molecule has 0 atom stereocenters. The second kappa shape index (κ2) is 6.54. The SMILES string of the molecule is Oc1cccc(CN2CCN(c3cccc4ccccc34)CC2)c1. The predicted molar refractivity (Wildman–Crippen MR) is 99.5 cm³/mol. The first-order valence-corrected chi connectivity index (χ1v) is 8.52. The van der Waals surface area contributed by atoms with Crippen LogP contribution in [0.3, 0.4) is 0 Å². The highest BCUT2D eigenvalue weighted by atomic mass is 16.3. The van der Waals surface area contributed by atoms with Crippen molar-refractivity contribution >= 4 is 16.5 Å². The molecule has 0 aliphatic carbocycles. The van der Waals surface area contributed by atoms with Gasteiger partial charge in [0.2, 0.25) is 0 Å².